The van der Waals surface area contributed by atoms with E-state index in [1.54, 1.807) is 4.90 Å². The third kappa shape index (κ3) is 2.03. The Bertz CT molecular complexity index is 281. The van der Waals surface area contributed by atoms with Crippen molar-refractivity contribution in [2.45, 2.75) is 52.6 Å². The average Bonchev–Trinajstić information content (AvgIpc) is 2.08. The molecule has 0 spiro atoms. The first-order chi connectivity index (χ1) is 7.12. The largest absolute Gasteiger partial charge is 0.465 e. The van der Waals surface area contributed by atoms with Gasteiger partial charge >= 0.3 is 6.09 Å². The van der Waals surface area contributed by atoms with Crippen LogP contribution < -0.4 is 5.73 Å². The molecule has 94 valence electrons. The van der Waals surface area contributed by atoms with Gasteiger partial charge in [0.25, 0.3) is 0 Å². The molecular weight excluding hydrogens is 204 g/mol. The van der Waals surface area contributed by atoms with Crippen molar-refractivity contribution in [1.82, 2.24) is 4.90 Å². The minimum Gasteiger partial charge on any atom is -0.465 e. The maximum absolute atomic E-state index is 11.4. The number of amides is 1. The number of rotatable bonds is 2. The van der Waals surface area contributed by atoms with Crippen LogP contribution in [0.1, 0.15) is 41.0 Å². The lowest BCUT2D eigenvalue weighted by molar-refractivity contribution is -0.0781. The van der Waals surface area contributed by atoms with E-state index in [1.165, 1.54) is 0 Å². The molecule has 0 radical (unpaired) electrons. The van der Waals surface area contributed by atoms with Crippen LogP contribution in [-0.4, -0.2) is 34.2 Å². The quantitative estimate of drug-likeness (QED) is 0.761. The monoisotopic (exact) mass is 228 g/mol. The standard InChI is InChI=1S/C12H24N2O2/c1-11(2,3)14(10(15)16)9-6-8(7-13)12(9,4)5/h8-9H,6-7,13H2,1-5H3,(H,15,16)/t8-,9-/m0/s1. The second-order valence-corrected chi connectivity index (χ2v) is 6.33. The van der Waals surface area contributed by atoms with E-state index < -0.39 is 6.09 Å². The highest BCUT2D eigenvalue weighted by atomic mass is 16.4. The molecule has 0 bridgehead atoms. The van der Waals surface area contributed by atoms with Gasteiger partial charge in [0, 0.05) is 11.6 Å². The summed E-state index contributed by atoms with van der Waals surface area (Å²) in [5.74, 6) is 0.432. The molecule has 0 aliphatic heterocycles. The van der Waals surface area contributed by atoms with E-state index in [1.807, 2.05) is 20.8 Å². The third-order valence-corrected chi connectivity index (χ3v) is 3.94. The fourth-order valence-electron chi connectivity index (χ4n) is 2.71. The average molecular weight is 228 g/mol. The smallest absolute Gasteiger partial charge is 0.408 e. The summed E-state index contributed by atoms with van der Waals surface area (Å²) < 4.78 is 0. The fraction of sp³-hybridized carbons (Fsp3) is 0.917. The zero-order chi connectivity index (χ0) is 12.7. The predicted molar refractivity (Wildman–Crippen MR) is 64.3 cm³/mol. The number of carbonyl (C=O) groups is 1. The molecule has 1 saturated carbocycles. The number of hydrogen-bond donors (Lipinski definition) is 2. The lowest BCUT2D eigenvalue weighted by Crippen LogP contribution is -2.65. The molecule has 0 saturated heterocycles. The Kier molecular flexibility index (Phi) is 3.25. The molecule has 1 fully saturated rings. The lowest BCUT2D eigenvalue weighted by atomic mass is 9.57. The highest BCUT2D eigenvalue weighted by molar-refractivity contribution is 5.67. The second kappa shape index (κ2) is 3.91. The molecular formula is C12H24N2O2. The molecule has 1 amide bonds. The van der Waals surface area contributed by atoms with Crippen LogP contribution in [0.2, 0.25) is 0 Å². The van der Waals surface area contributed by atoms with Gasteiger partial charge in [0.15, 0.2) is 0 Å². The van der Waals surface area contributed by atoms with Gasteiger partial charge in [-0.25, -0.2) is 4.79 Å². The molecule has 0 aromatic carbocycles. The van der Waals surface area contributed by atoms with Crippen molar-refractivity contribution in [1.29, 1.82) is 0 Å². The molecule has 0 unspecified atom stereocenters. The van der Waals surface area contributed by atoms with E-state index in [2.05, 4.69) is 13.8 Å². The highest BCUT2D eigenvalue weighted by Gasteiger charge is 2.53. The van der Waals surface area contributed by atoms with E-state index in [0.29, 0.717) is 12.5 Å². The topological polar surface area (TPSA) is 66.6 Å². The summed E-state index contributed by atoms with van der Waals surface area (Å²) in [6.45, 7) is 10.7. The molecule has 16 heavy (non-hydrogen) atoms. The van der Waals surface area contributed by atoms with Crippen LogP contribution in [0.5, 0.6) is 0 Å². The summed E-state index contributed by atoms with van der Waals surface area (Å²) in [6, 6.07) is 0.0820. The van der Waals surface area contributed by atoms with Crippen LogP contribution in [0, 0.1) is 11.3 Å². The summed E-state index contributed by atoms with van der Waals surface area (Å²) in [5.41, 5.74) is 5.32. The van der Waals surface area contributed by atoms with Crippen LogP contribution in [0.25, 0.3) is 0 Å². The lowest BCUT2D eigenvalue weighted by Gasteiger charge is -2.58. The van der Waals surface area contributed by atoms with Crippen LogP contribution >= 0.6 is 0 Å². The summed E-state index contributed by atoms with van der Waals surface area (Å²) in [5, 5.41) is 9.33. The highest BCUT2D eigenvalue weighted by Crippen LogP contribution is 2.49. The first kappa shape index (κ1) is 13.3. The van der Waals surface area contributed by atoms with Gasteiger partial charge in [-0.15, -0.1) is 0 Å². The van der Waals surface area contributed by atoms with Crippen LogP contribution in [0.4, 0.5) is 4.79 Å². The van der Waals surface area contributed by atoms with Gasteiger partial charge in [0.05, 0.1) is 0 Å². The maximum Gasteiger partial charge on any atom is 0.408 e. The summed E-state index contributed by atoms with van der Waals surface area (Å²) in [6.07, 6.45) is 0.0496. The van der Waals surface area contributed by atoms with Gasteiger partial charge in [-0.3, -0.25) is 4.90 Å². The molecule has 0 aromatic heterocycles. The Morgan fingerprint density at radius 2 is 2.00 bits per heavy atom. The van der Waals surface area contributed by atoms with Crippen molar-refractivity contribution < 1.29 is 9.90 Å². The minimum absolute atomic E-state index is 0.0135. The predicted octanol–water partition coefficient (Wildman–Crippen LogP) is 2.14. The molecule has 3 N–H and O–H groups in total. The van der Waals surface area contributed by atoms with Crippen LogP contribution in [-0.2, 0) is 0 Å². The number of nitrogens with two attached hydrogens (primary N) is 1. The molecule has 0 heterocycles. The van der Waals surface area contributed by atoms with Gasteiger partial charge in [0.1, 0.15) is 0 Å². The van der Waals surface area contributed by atoms with Crippen molar-refractivity contribution in [3.8, 4) is 0 Å². The number of nitrogens with zero attached hydrogens (tertiary/aromatic N) is 1. The SMILES string of the molecule is CC1(C)[C@H](CN)C[C@@H]1N(C(=O)O)C(C)(C)C. The van der Waals surface area contributed by atoms with Crippen molar-refractivity contribution in [3.63, 3.8) is 0 Å². The van der Waals surface area contributed by atoms with E-state index >= 15 is 0 Å². The normalized spacial score (nSPS) is 28.4. The van der Waals surface area contributed by atoms with Crippen molar-refractivity contribution in [2.75, 3.05) is 6.54 Å². The van der Waals surface area contributed by atoms with E-state index in [0.717, 1.165) is 6.42 Å². The molecule has 1 rings (SSSR count). The van der Waals surface area contributed by atoms with Gasteiger partial charge in [0.2, 0.25) is 0 Å². The summed E-state index contributed by atoms with van der Waals surface area (Å²) in [4.78, 5) is 12.9. The van der Waals surface area contributed by atoms with Gasteiger partial charge in [-0.1, -0.05) is 13.8 Å². The number of carboxylic acid groups (broad SMARTS) is 1. The van der Waals surface area contributed by atoms with Gasteiger partial charge in [-0.2, -0.15) is 0 Å². The fourth-order valence-corrected chi connectivity index (χ4v) is 2.71. The molecule has 2 atom stereocenters. The number of hydrogen-bond acceptors (Lipinski definition) is 2. The first-order valence-corrected chi connectivity index (χ1v) is 5.84. The zero-order valence-corrected chi connectivity index (χ0v) is 10.9. The molecule has 4 heteroatoms. The van der Waals surface area contributed by atoms with Crippen molar-refractivity contribution in [2.24, 2.45) is 17.1 Å². The maximum atomic E-state index is 11.4. The third-order valence-electron chi connectivity index (χ3n) is 3.94. The molecule has 4 nitrogen and oxygen atoms in total. The molecule has 1 aliphatic carbocycles. The Morgan fingerprint density at radius 3 is 2.25 bits per heavy atom. The second-order valence-electron chi connectivity index (χ2n) is 6.33. The van der Waals surface area contributed by atoms with Gasteiger partial charge < -0.3 is 10.8 Å². The van der Waals surface area contributed by atoms with Crippen LogP contribution in [0.15, 0.2) is 0 Å². The van der Waals surface area contributed by atoms with Crippen LogP contribution in [0.3, 0.4) is 0 Å². The van der Waals surface area contributed by atoms with Crippen molar-refractivity contribution >= 4 is 6.09 Å². The summed E-state index contributed by atoms with van der Waals surface area (Å²) >= 11 is 0. The Balaban J connectivity index is 2.89. The van der Waals surface area contributed by atoms with E-state index in [9.17, 15) is 9.90 Å². The Hall–Kier alpha value is -0.770. The summed E-state index contributed by atoms with van der Waals surface area (Å²) in [7, 11) is 0. The van der Waals surface area contributed by atoms with Crippen molar-refractivity contribution in [3.05, 3.63) is 0 Å². The van der Waals surface area contributed by atoms with Gasteiger partial charge in [-0.05, 0) is 45.1 Å². The molecule has 1 aliphatic rings. The molecule has 0 aromatic rings. The first-order valence-electron chi connectivity index (χ1n) is 5.84. The minimum atomic E-state index is -0.832. The Morgan fingerprint density at radius 1 is 1.50 bits per heavy atom. The zero-order valence-electron chi connectivity index (χ0n) is 10.9. The Labute approximate surface area is 97.8 Å². The van der Waals surface area contributed by atoms with E-state index in [-0.39, 0.29) is 17.0 Å². The van der Waals surface area contributed by atoms with E-state index in [4.69, 9.17) is 5.73 Å².